The first-order valence-corrected chi connectivity index (χ1v) is 8.19. The average Bonchev–Trinajstić information content (AvgIpc) is 3.18. The van der Waals surface area contributed by atoms with Gasteiger partial charge < -0.3 is 14.5 Å². The molecule has 0 bridgehead atoms. The fraction of sp³-hybridized carbons (Fsp3) is 0.765. The van der Waals surface area contributed by atoms with Crippen LogP contribution in [0, 0.1) is 0 Å². The van der Waals surface area contributed by atoms with Crippen molar-refractivity contribution in [3.63, 3.8) is 0 Å². The summed E-state index contributed by atoms with van der Waals surface area (Å²) in [4.78, 5) is 0. The SMILES string of the molecule is CC(CCc1ccco1)NCC1CCC2(CCCC2)O1. The zero-order valence-electron chi connectivity index (χ0n) is 12.6. The maximum absolute atomic E-state index is 6.33. The Morgan fingerprint density at radius 2 is 2.20 bits per heavy atom. The number of rotatable bonds is 6. The van der Waals surface area contributed by atoms with Crippen LogP contribution in [0.2, 0.25) is 0 Å². The average molecular weight is 277 g/mol. The zero-order valence-corrected chi connectivity index (χ0v) is 12.6. The predicted octanol–water partition coefficient (Wildman–Crippen LogP) is 3.68. The van der Waals surface area contributed by atoms with Crippen molar-refractivity contribution in [1.82, 2.24) is 5.32 Å². The van der Waals surface area contributed by atoms with Gasteiger partial charge in [0.15, 0.2) is 0 Å². The van der Waals surface area contributed by atoms with Gasteiger partial charge in [0.1, 0.15) is 5.76 Å². The second-order valence-electron chi connectivity index (χ2n) is 6.60. The molecular formula is C17H27NO2. The van der Waals surface area contributed by atoms with Crippen molar-refractivity contribution in [2.45, 2.75) is 76.0 Å². The van der Waals surface area contributed by atoms with E-state index in [1.807, 2.05) is 6.07 Å². The lowest BCUT2D eigenvalue weighted by molar-refractivity contribution is -0.0358. The van der Waals surface area contributed by atoms with Gasteiger partial charge in [-0.1, -0.05) is 12.8 Å². The third-order valence-corrected chi connectivity index (χ3v) is 4.95. The summed E-state index contributed by atoms with van der Waals surface area (Å²) in [6.45, 7) is 3.25. The molecule has 3 nitrogen and oxygen atoms in total. The van der Waals surface area contributed by atoms with Gasteiger partial charge in [0, 0.05) is 19.0 Å². The highest BCUT2D eigenvalue weighted by Gasteiger charge is 2.41. The van der Waals surface area contributed by atoms with Crippen molar-refractivity contribution >= 4 is 0 Å². The molecule has 1 aromatic rings. The normalized spacial score (nSPS) is 26.4. The van der Waals surface area contributed by atoms with Crippen molar-refractivity contribution in [1.29, 1.82) is 0 Å². The van der Waals surface area contributed by atoms with Crippen molar-refractivity contribution < 1.29 is 9.15 Å². The minimum atomic E-state index is 0.268. The van der Waals surface area contributed by atoms with E-state index < -0.39 is 0 Å². The van der Waals surface area contributed by atoms with E-state index in [9.17, 15) is 0 Å². The van der Waals surface area contributed by atoms with E-state index in [2.05, 4.69) is 18.3 Å². The van der Waals surface area contributed by atoms with Crippen molar-refractivity contribution in [3.05, 3.63) is 24.2 Å². The summed E-state index contributed by atoms with van der Waals surface area (Å²) in [6.07, 6.45) is 12.1. The van der Waals surface area contributed by atoms with Crippen LogP contribution in [0.15, 0.2) is 22.8 Å². The monoisotopic (exact) mass is 277 g/mol. The predicted molar refractivity (Wildman–Crippen MR) is 79.8 cm³/mol. The summed E-state index contributed by atoms with van der Waals surface area (Å²) >= 11 is 0. The Balaban J connectivity index is 1.35. The topological polar surface area (TPSA) is 34.4 Å². The largest absolute Gasteiger partial charge is 0.469 e. The van der Waals surface area contributed by atoms with E-state index in [0.29, 0.717) is 12.1 Å². The Morgan fingerprint density at radius 1 is 1.35 bits per heavy atom. The number of hydrogen-bond donors (Lipinski definition) is 1. The molecule has 2 heterocycles. The Labute approximate surface area is 122 Å². The molecule has 0 aromatic carbocycles. The summed E-state index contributed by atoms with van der Waals surface area (Å²) in [7, 11) is 0. The molecule has 0 amide bonds. The number of ether oxygens (including phenoxy) is 1. The summed E-state index contributed by atoms with van der Waals surface area (Å²) in [5, 5.41) is 3.63. The molecule has 1 saturated heterocycles. The number of furan rings is 1. The number of nitrogens with one attached hydrogen (secondary N) is 1. The maximum atomic E-state index is 6.33. The molecule has 2 atom stereocenters. The lowest BCUT2D eigenvalue weighted by Crippen LogP contribution is -2.35. The van der Waals surface area contributed by atoms with E-state index in [4.69, 9.17) is 9.15 Å². The highest BCUT2D eigenvalue weighted by Crippen LogP contribution is 2.43. The van der Waals surface area contributed by atoms with Crippen LogP contribution in [0.4, 0.5) is 0 Å². The lowest BCUT2D eigenvalue weighted by Gasteiger charge is -2.24. The Hall–Kier alpha value is -0.800. The fourth-order valence-electron chi connectivity index (χ4n) is 3.67. The van der Waals surface area contributed by atoms with Crippen LogP contribution in [-0.2, 0) is 11.2 Å². The molecule has 112 valence electrons. The molecule has 0 radical (unpaired) electrons. The molecule has 2 unspecified atom stereocenters. The summed E-state index contributed by atoms with van der Waals surface area (Å²) in [6, 6.07) is 4.53. The van der Waals surface area contributed by atoms with Gasteiger partial charge in [-0.2, -0.15) is 0 Å². The van der Waals surface area contributed by atoms with Gasteiger partial charge in [-0.05, 0) is 51.2 Å². The summed E-state index contributed by atoms with van der Waals surface area (Å²) in [5.74, 6) is 1.08. The maximum Gasteiger partial charge on any atom is 0.103 e. The molecule has 2 aliphatic rings. The van der Waals surface area contributed by atoms with Gasteiger partial charge in [-0.25, -0.2) is 0 Å². The Morgan fingerprint density at radius 3 is 2.95 bits per heavy atom. The molecule has 1 aromatic heterocycles. The summed E-state index contributed by atoms with van der Waals surface area (Å²) < 4.78 is 11.7. The molecular weight excluding hydrogens is 250 g/mol. The van der Waals surface area contributed by atoms with E-state index in [-0.39, 0.29) is 5.60 Å². The smallest absolute Gasteiger partial charge is 0.103 e. The molecule has 3 rings (SSSR count). The molecule has 3 heteroatoms. The first-order chi connectivity index (χ1) is 9.76. The first-order valence-electron chi connectivity index (χ1n) is 8.19. The highest BCUT2D eigenvalue weighted by atomic mass is 16.5. The van der Waals surface area contributed by atoms with Gasteiger partial charge in [0.2, 0.25) is 0 Å². The number of hydrogen-bond acceptors (Lipinski definition) is 3. The molecule has 1 spiro atoms. The molecule has 1 saturated carbocycles. The standard InChI is InChI=1S/C17H27NO2/c1-14(6-7-15-5-4-12-19-15)18-13-16-8-11-17(20-16)9-2-3-10-17/h4-5,12,14,16,18H,2-3,6-11,13H2,1H3. The minimum absolute atomic E-state index is 0.268. The quantitative estimate of drug-likeness (QED) is 0.861. The van der Waals surface area contributed by atoms with Crippen molar-refractivity contribution in [2.75, 3.05) is 6.54 Å². The van der Waals surface area contributed by atoms with Crippen LogP contribution < -0.4 is 5.32 Å². The Kier molecular flexibility index (Phi) is 4.47. The van der Waals surface area contributed by atoms with Gasteiger partial charge >= 0.3 is 0 Å². The van der Waals surface area contributed by atoms with Crippen LogP contribution in [0.5, 0.6) is 0 Å². The zero-order chi connectivity index (χ0) is 13.8. The summed E-state index contributed by atoms with van der Waals surface area (Å²) in [5.41, 5.74) is 0.268. The molecule has 1 aliphatic carbocycles. The second-order valence-corrected chi connectivity index (χ2v) is 6.60. The van der Waals surface area contributed by atoms with Crippen LogP contribution in [0.1, 0.15) is 57.6 Å². The molecule has 2 fully saturated rings. The first kappa shape index (κ1) is 14.2. The minimum Gasteiger partial charge on any atom is -0.469 e. The van der Waals surface area contributed by atoms with Crippen molar-refractivity contribution in [3.8, 4) is 0 Å². The third kappa shape index (κ3) is 3.44. The van der Waals surface area contributed by atoms with Crippen LogP contribution in [0.25, 0.3) is 0 Å². The fourth-order valence-corrected chi connectivity index (χ4v) is 3.67. The number of aryl methyl sites for hydroxylation is 1. The van der Waals surface area contributed by atoms with Gasteiger partial charge in [-0.3, -0.25) is 0 Å². The Bertz CT molecular complexity index is 395. The van der Waals surface area contributed by atoms with Crippen LogP contribution in [-0.4, -0.2) is 24.3 Å². The van der Waals surface area contributed by atoms with Gasteiger partial charge in [0.05, 0.1) is 18.0 Å². The van der Waals surface area contributed by atoms with E-state index >= 15 is 0 Å². The van der Waals surface area contributed by atoms with Gasteiger partial charge in [0.25, 0.3) is 0 Å². The molecule has 1 N–H and O–H groups in total. The van der Waals surface area contributed by atoms with Crippen molar-refractivity contribution in [2.24, 2.45) is 0 Å². The van der Waals surface area contributed by atoms with Gasteiger partial charge in [-0.15, -0.1) is 0 Å². The van der Waals surface area contributed by atoms with Crippen LogP contribution in [0.3, 0.4) is 0 Å². The van der Waals surface area contributed by atoms with E-state index in [0.717, 1.165) is 25.1 Å². The highest BCUT2D eigenvalue weighted by molar-refractivity contribution is 4.98. The molecule has 20 heavy (non-hydrogen) atoms. The second kappa shape index (κ2) is 6.31. The third-order valence-electron chi connectivity index (χ3n) is 4.95. The van der Waals surface area contributed by atoms with Crippen LogP contribution >= 0.6 is 0 Å². The molecule has 1 aliphatic heterocycles. The lowest BCUT2D eigenvalue weighted by atomic mass is 9.98. The van der Waals surface area contributed by atoms with E-state index in [1.54, 1.807) is 6.26 Å². The van der Waals surface area contributed by atoms with E-state index in [1.165, 1.54) is 38.5 Å².